The molecule has 74 valence electrons. The van der Waals surface area contributed by atoms with Crippen molar-refractivity contribution in [3.63, 3.8) is 0 Å². The van der Waals surface area contributed by atoms with E-state index < -0.39 is 0 Å². The maximum absolute atomic E-state index is 5.63. The standard InChI is InChI=1S/C9H10ClN3O/c1-6-7(2)13(5-11-6)9-12-8(3-10)4-14-9/h4-5H,3H2,1-2H3. The zero-order chi connectivity index (χ0) is 10.1. The quantitative estimate of drug-likeness (QED) is 0.716. The summed E-state index contributed by atoms with van der Waals surface area (Å²) in [5, 5.41) is 0. The summed E-state index contributed by atoms with van der Waals surface area (Å²) in [5.74, 6) is 0.357. The molecule has 0 aromatic carbocycles. The highest BCUT2D eigenvalue weighted by Crippen LogP contribution is 2.13. The summed E-state index contributed by atoms with van der Waals surface area (Å²) in [7, 11) is 0. The van der Waals surface area contributed by atoms with Gasteiger partial charge in [0.1, 0.15) is 12.6 Å². The minimum atomic E-state index is 0.357. The van der Waals surface area contributed by atoms with Gasteiger partial charge in [0.25, 0.3) is 0 Å². The van der Waals surface area contributed by atoms with Crippen molar-refractivity contribution < 1.29 is 4.42 Å². The second-order valence-electron chi connectivity index (χ2n) is 3.04. The van der Waals surface area contributed by atoms with Gasteiger partial charge in [-0.15, -0.1) is 11.6 Å². The minimum Gasteiger partial charge on any atom is -0.431 e. The number of rotatable bonds is 2. The summed E-state index contributed by atoms with van der Waals surface area (Å²) in [5.41, 5.74) is 2.72. The maximum atomic E-state index is 5.63. The minimum absolute atomic E-state index is 0.357. The second-order valence-corrected chi connectivity index (χ2v) is 3.31. The Balaban J connectivity index is 2.44. The highest BCUT2D eigenvalue weighted by molar-refractivity contribution is 6.16. The van der Waals surface area contributed by atoms with E-state index in [2.05, 4.69) is 9.97 Å². The molecule has 0 aliphatic carbocycles. The van der Waals surface area contributed by atoms with E-state index in [1.165, 1.54) is 0 Å². The third-order valence-corrected chi connectivity index (χ3v) is 2.41. The van der Waals surface area contributed by atoms with Crippen molar-refractivity contribution in [1.29, 1.82) is 0 Å². The van der Waals surface area contributed by atoms with Crippen molar-refractivity contribution in [1.82, 2.24) is 14.5 Å². The van der Waals surface area contributed by atoms with Crippen LogP contribution in [0.5, 0.6) is 0 Å². The number of aryl methyl sites for hydroxylation is 1. The topological polar surface area (TPSA) is 43.9 Å². The van der Waals surface area contributed by atoms with E-state index in [1.807, 2.05) is 13.8 Å². The van der Waals surface area contributed by atoms with Gasteiger partial charge in [-0.1, -0.05) is 0 Å². The van der Waals surface area contributed by atoms with Crippen molar-refractivity contribution in [2.24, 2.45) is 0 Å². The Kier molecular flexibility index (Phi) is 2.29. The van der Waals surface area contributed by atoms with E-state index in [4.69, 9.17) is 16.0 Å². The van der Waals surface area contributed by atoms with Gasteiger partial charge in [0.15, 0.2) is 0 Å². The third-order valence-electron chi connectivity index (χ3n) is 2.13. The Labute approximate surface area is 86.5 Å². The van der Waals surface area contributed by atoms with E-state index in [0.717, 1.165) is 17.1 Å². The monoisotopic (exact) mass is 211 g/mol. The Bertz CT molecular complexity index is 447. The SMILES string of the molecule is Cc1ncn(-c2nc(CCl)co2)c1C. The Morgan fingerprint density at radius 1 is 1.50 bits per heavy atom. The van der Waals surface area contributed by atoms with Gasteiger partial charge in [0.05, 0.1) is 17.3 Å². The molecule has 0 fully saturated rings. The van der Waals surface area contributed by atoms with Crippen LogP contribution in [0.4, 0.5) is 0 Å². The zero-order valence-corrected chi connectivity index (χ0v) is 8.75. The molecular weight excluding hydrogens is 202 g/mol. The molecule has 0 aliphatic rings. The summed E-state index contributed by atoms with van der Waals surface area (Å²) in [4.78, 5) is 8.36. The fourth-order valence-electron chi connectivity index (χ4n) is 1.16. The molecule has 2 aromatic rings. The first-order valence-electron chi connectivity index (χ1n) is 4.23. The molecule has 0 unspecified atom stereocenters. The molecule has 0 amide bonds. The largest absolute Gasteiger partial charge is 0.431 e. The number of hydrogen-bond acceptors (Lipinski definition) is 3. The summed E-state index contributed by atoms with van der Waals surface area (Å²) < 4.78 is 7.06. The zero-order valence-electron chi connectivity index (χ0n) is 7.99. The lowest BCUT2D eigenvalue weighted by molar-refractivity contribution is 0.523. The second kappa shape index (κ2) is 3.46. The average Bonchev–Trinajstić information content (AvgIpc) is 2.75. The number of nitrogens with zero attached hydrogens (tertiary/aromatic N) is 3. The van der Waals surface area contributed by atoms with Crippen molar-refractivity contribution in [3.05, 3.63) is 29.7 Å². The summed E-state index contributed by atoms with van der Waals surface area (Å²) >= 11 is 5.63. The van der Waals surface area contributed by atoms with E-state index in [1.54, 1.807) is 17.2 Å². The molecule has 0 saturated carbocycles. The highest BCUT2D eigenvalue weighted by Gasteiger charge is 2.09. The predicted octanol–water partition coefficient (Wildman–Crippen LogP) is 2.22. The van der Waals surface area contributed by atoms with Gasteiger partial charge in [0.2, 0.25) is 0 Å². The Morgan fingerprint density at radius 2 is 2.29 bits per heavy atom. The lowest BCUT2D eigenvalue weighted by Gasteiger charge is -1.97. The molecule has 0 spiro atoms. The molecule has 0 atom stereocenters. The number of aromatic nitrogens is 3. The van der Waals surface area contributed by atoms with Gasteiger partial charge in [-0.3, -0.25) is 4.57 Å². The Morgan fingerprint density at radius 3 is 2.79 bits per heavy atom. The molecule has 5 heteroatoms. The van der Waals surface area contributed by atoms with Crippen molar-refractivity contribution in [2.45, 2.75) is 19.7 Å². The molecule has 0 bridgehead atoms. The van der Waals surface area contributed by atoms with Crippen molar-refractivity contribution in [3.8, 4) is 6.01 Å². The van der Waals surface area contributed by atoms with E-state index in [-0.39, 0.29) is 0 Å². The van der Waals surface area contributed by atoms with Gasteiger partial charge in [-0.2, -0.15) is 4.98 Å². The molecule has 14 heavy (non-hydrogen) atoms. The number of imidazole rings is 1. The van der Waals surface area contributed by atoms with Crippen molar-refractivity contribution >= 4 is 11.6 Å². The number of alkyl halides is 1. The van der Waals surface area contributed by atoms with Crippen LogP contribution in [0.25, 0.3) is 6.01 Å². The van der Waals surface area contributed by atoms with Crippen LogP contribution in [-0.4, -0.2) is 14.5 Å². The van der Waals surface area contributed by atoms with Crippen LogP contribution < -0.4 is 0 Å². The van der Waals surface area contributed by atoms with Gasteiger partial charge in [0, 0.05) is 5.69 Å². The lowest BCUT2D eigenvalue weighted by Crippen LogP contribution is -1.95. The normalized spacial score (nSPS) is 10.8. The first-order chi connectivity index (χ1) is 6.72. The van der Waals surface area contributed by atoms with Crippen LogP contribution in [0, 0.1) is 13.8 Å². The van der Waals surface area contributed by atoms with Crippen LogP contribution in [0.15, 0.2) is 17.0 Å². The molecule has 2 aromatic heterocycles. The number of oxazole rings is 1. The first-order valence-corrected chi connectivity index (χ1v) is 4.77. The third kappa shape index (κ3) is 1.42. The van der Waals surface area contributed by atoms with Crippen LogP contribution in [0.3, 0.4) is 0 Å². The van der Waals surface area contributed by atoms with Crippen LogP contribution in [-0.2, 0) is 5.88 Å². The first kappa shape index (κ1) is 9.27. The molecule has 2 rings (SSSR count). The molecule has 2 heterocycles. The molecule has 0 saturated heterocycles. The van der Waals surface area contributed by atoms with E-state index >= 15 is 0 Å². The summed E-state index contributed by atoms with van der Waals surface area (Å²) in [6, 6.07) is 0.513. The van der Waals surface area contributed by atoms with Gasteiger partial charge < -0.3 is 4.42 Å². The lowest BCUT2D eigenvalue weighted by atomic mass is 10.4. The fraction of sp³-hybridized carbons (Fsp3) is 0.333. The number of hydrogen-bond donors (Lipinski definition) is 0. The van der Waals surface area contributed by atoms with Gasteiger partial charge in [-0.05, 0) is 13.8 Å². The average molecular weight is 212 g/mol. The predicted molar refractivity (Wildman–Crippen MR) is 52.7 cm³/mol. The van der Waals surface area contributed by atoms with Crippen LogP contribution in [0.1, 0.15) is 17.1 Å². The smallest absolute Gasteiger partial charge is 0.307 e. The van der Waals surface area contributed by atoms with Gasteiger partial charge >= 0.3 is 6.01 Å². The van der Waals surface area contributed by atoms with Gasteiger partial charge in [-0.25, -0.2) is 4.98 Å². The van der Waals surface area contributed by atoms with E-state index in [9.17, 15) is 0 Å². The number of halogens is 1. The molecule has 0 N–H and O–H groups in total. The van der Waals surface area contributed by atoms with Crippen LogP contribution >= 0.6 is 11.6 Å². The molecule has 0 aliphatic heterocycles. The van der Waals surface area contributed by atoms with Crippen molar-refractivity contribution in [2.75, 3.05) is 0 Å². The summed E-state index contributed by atoms with van der Waals surface area (Å²) in [6.07, 6.45) is 3.24. The molecule has 4 nitrogen and oxygen atoms in total. The summed E-state index contributed by atoms with van der Waals surface area (Å²) in [6.45, 7) is 3.91. The Hall–Kier alpha value is -1.29. The molecular formula is C9H10ClN3O. The maximum Gasteiger partial charge on any atom is 0.307 e. The molecule has 0 radical (unpaired) electrons. The fourth-order valence-corrected chi connectivity index (χ4v) is 1.28. The van der Waals surface area contributed by atoms with Crippen LogP contribution in [0.2, 0.25) is 0 Å². The van der Waals surface area contributed by atoms with E-state index in [0.29, 0.717) is 11.9 Å². The highest BCUT2D eigenvalue weighted by atomic mass is 35.5.